The molecular formula is C10H8F2N2O4. The van der Waals surface area contributed by atoms with Gasteiger partial charge in [0.25, 0.3) is 5.56 Å². The summed E-state index contributed by atoms with van der Waals surface area (Å²) in [5.74, 6) is -0.290. The maximum Gasteiger partial charge on any atom is 0.387 e. The third-order valence-corrected chi connectivity index (χ3v) is 2.24. The van der Waals surface area contributed by atoms with E-state index in [1.807, 2.05) is 4.98 Å². The highest BCUT2D eigenvalue weighted by Gasteiger charge is 2.13. The lowest BCUT2D eigenvalue weighted by Gasteiger charge is -2.10. The molecule has 1 aromatic carbocycles. The summed E-state index contributed by atoms with van der Waals surface area (Å²) in [5, 5.41) is 0.105. The van der Waals surface area contributed by atoms with Crippen molar-refractivity contribution in [2.75, 3.05) is 7.11 Å². The third-order valence-electron chi connectivity index (χ3n) is 2.24. The van der Waals surface area contributed by atoms with Crippen LogP contribution in [0.25, 0.3) is 10.9 Å². The van der Waals surface area contributed by atoms with Gasteiger partial charge < -0.3 is 14.5 Å². The summed E-state index contributed by atoms with van der Waals surface area (Å²) in [5.41, 5.74) is -1.29. The molecule has 6 nitrogen and oxygen atoms in total. The molecule has 0 saturated heterocycles. The summed E-state index contributed by atoms with van der Waals surface area (Å²) in [7, 11) is 1.25. The number of methoxy groups -OCH3 is 1. The van der Waals surface area contributed by atoms with Crippen LogP contribution >= 0.6 is 0 Å². The van der Waals surface area contributed by atoms with Crippen LogP contribution in [0, 0.1) is 0 Å². The van der Waals surface area contributed by atoms with Crippen molar-refractivity contribution in [1.82, 2.24) is 9.97 Å². The molecule has 2 N–H and O–H groups in total. The molecule has 8 heteroatoms. The molecule has 0 aliphatic rings. The first kappa shape index (κ1) is 12.1. The van der Waals surface area contributed by atoms with Crippen LogP contribution in [0.15, 0.2) is 21.7 Å². The van der Waals surface area contributed by atoms with Crippen LogP contribution in [0.1, 0.15) is 0 Å². The molecule has 2 aromatic rings. The molecule has 0 atom stereocenters. The maximum atomic E-state index is 12.2. The number of ether oxygens (including phenoxy) is 2. The lowest BCUT2D eigenvalue weighted by molar-refractivity contribution is -0.0511. The van der Waals surface area contributed by atoms with E-state index in [0.717, 1.165) is 6.07 Å². The Morgan fingerprint density at radius 3 is 2.50 bits per heavy atom. The minimum absolute atomic E-state index is 0.0275. The van der Waals surface area contributed by atoms with E-state index in [1.165, 1.54) is 13.2 Å². The third kappa shape index (κ3) is 2.17. The molecule has 0 aliphatic carbocycles. The maximum absolute atomic E-state index is 12.2. The fourth-order valence-corrected chi connectivity index (χ4v) is 1.52. The number of aromatic nitrogens is 2. The summed E-state index contributed by atoms with van der Waals surface area (Å²) in [4.78, 5) is 26.9. The van der Waals surface area contributed by atoms with Crippen molar-refractivity contribution in [3.63, 3.8) is 0 Å². The second kappa shape index (κ2) is 4.47. The minimum atomic E-state index is -3.04. The van der Waals surface area contributed by atoms with Gasteiger partial charge in [-0.1, -0.05) is 0 Å². The monoisotopic (exact) mass is 258 g/mol. The molecule has 0 bridgehead atoms. The Morgan fingerprint density at radius 2 is 1.89 bits per heavy atom. The van der Waals surface area contributed by atoms with E-state index < -0.39 is 17.9 Å². The van der Waals surface area contributed by atoms with E-state index in [4.69, 9.17) is 4.74 Å². The van der Waals surface area contributed by atoms with Gasteiger partial charge in [-0.3, -0.25) is 9.78 Å². The molecule has 2 rings (SSSR count). The zero-order valence-electron chi connectivity index (χ0n) is 9.12. The second-order valence-corrected chi connectivity index (χ2v) is 3.34. The largest absolute Gasteiger partial charge is 0.493 e. The standard InChI is InChI=1S/C10H8F2N2O4/c1-17-6-2-4-5(3-7(6)18-9(11)12)13-10(16)14-8(4)15/h2-3,9H,1H3,(H2,13,14,15,16). The van der Waals surface area contributed by atoms with Gasteiger partial charge in [0, 0.05) is 6.07 Å². The van der Waals surface area contributed by atoms with Gasteiger partial charge in [-0.25, -0.2) is 4.79 Å². The number of alkyl halides is 2. The van der Waals surface area contributed by atoms with Crippen molar-refractivity contribution in [3.8, 4) is 11.5 Å². The summed E-state index contributed by atoms with van der Waals surface area (Å²) in [6.45, 7) is -3.04. The summed E-state index contributed by atoms with van der Waals surface area (Å²) in [6.07, 6.45) is 0. The fourth-order valence-electron chi connectivity index (χ4n) is 1.52. The number of nitrogens with one attached hydrogen (secondary N) is 2. The van der Waals surface area contributed by atoms with Crippen LogP contribution in [0.5, 0.6) is 11.5 Å². The zero-order valence-corrected chi connectivity index (χ0v) is 9.12. The first-order valence-corrected chi connectivity index (χ1v) is 4.80. The van der Waals surface area contributed by atoms with Crippen LogP contribution in [0.3, 0.4) is 0 Å². The molecule has 0 saturated carbocycles. The van der Waals surface area contributed by atoms with E-state index >= 15 is 0 Å². The highest BCUT2D eigenvalue weighted by atomic mass is 19.3. The van der Waals surface area contributed by atoms with Gasteiger partial charge in [-0.2, -0.15) is 8.78 Å². The predicted octanol–water partition coefficient (Wildman–Crippen LogP) is 0.826. The van der Waals surface area contributed by atoms with Crippen molar-refractivity contribution in [2.45, 2.75) is 6.61 Å². The SMILES string of the molecule is COc1cc2c(=O)[nH]c(=O)[nH]c2cc1OC(F)F. The van der Waals surface area contributed by atoms with Crippen LogP contribution in [-0.4, -0.2) is 23.7 Å². The molecule has 0 aliphatic heterocycles. The highest BCUT2D eigenvalue weighted by Crippen LogP contribution is 2.31. The molecule has 0 spiro atoms. The Labute approximate surface area is 98.2 Å². The Balaban J connectivity index is 2.73. The van der Waals surface area contributed by atoms with Crippen LogP contribution < -0.4 is 20.7 Å². The number of fused-ring (bicyclic) bond motifs is 1. The molecule has 96 valence electrons. The highest BCUT2D eigenvalue weighted by molar-refractivity contribution is 5.81. The van der Waals surface area contributed by atoms with Crippen molar-refractivity contribution in [1.29, 1.82) is 0 Å². The molecular weight excluding hydrogens is 250 g/mol. The minimum Gasteiger partial charge on any atom is -0.493 e. The number of H-pyrrole nitrogens is 2. The van der Waals surface area contributed by atoms with Crippen molar-refractivity contribution in [2.24, 2.45) is 0 Å². The number of rotatable bonds is 3. The Hall–Kier alpha value is -2.38. The van der Waals surface area contributed by atoms with E-state index in [2.05, 4.69) is 9.72 Å². The smallest absolute Gasteiger partial charge is 0.387 e. The number of halogens is 2. The van der Waals surface area contributed by atoms with Crippen molar-refractivity contribution < 1.29 is 18.3 Å². The van der Waals surface area contributed by atoms with Crippen molar-refractivity contribution >= 4 is 10.9 Å². The topological polar surface area (TPSA) is 84.2 Å². The lowest BCUT2D eigenvalue weighted by atomic mass is 10.2. The molecule has 1 heterocycles. The van der Waals surface area contributed by atoms with E-state index in [1.54, 1.807) is 0 Å². The van der Waals surface area contributed by atoms with Gasteiger partial charge in [-0.15, -0.1) is 0 Å². The Kier molecular flexibility index (Phi) is 3.00. The summed E-state index contributed by atoms with van der Waals surface area (Å²) in [6, 6.07) is 2.32. The molecule has 0 radical (unpaired) electrons. The van der Waals surface area contributed by atoms with Gasteiger partial charge in [-0.05, 0) is 6.07 Å². The van der Waals surface area contributed by atoms with E-state index in [-0.39, 0.29) is 22.4 Å². The van der Waals surface area contributed by atoms with Crippen LogP contribution in [0.4, 0.5) is 8.78 Å². The second-order valence-electron chi connectivity index (χ2n) is 3.34. The lowest BCUT2D eigenvalue weighted by Crippen LogP contribution is -2.22. The van der Waals surface area contributed by atoms with Gasteiger partial charge in [0.05, 0.1) is 18.0 Å². The molecule has 1 aromatic heterocycles. The Bertz CT molecular complexity index is 692. The van der Waals surface area contributed by atoms with E-state index in [9.17, 15) is 18.4 Å². The first-order chi connectivity index (χ1) is 8.51. The van der Waals surface area contributed by atoms with Crippen LogP contribution in [-0.2, 0) is 0 Å². The van der Waals surface area contributed by atoms with Gasteiger partial charge in [0.1, 0.15) is 0 Å². The average molecular weight is 258 g/mol. The normalized spacial score (nSPS) is 10.9. The molecule has 0 unspecified atom stereocenters. The zero-order chi connectivity index (χ0) is 13.3. The van der Waals surface area contributed by atoms with Gasteiger partial charge in [0.15, 0.2) is 11.5 Å². The summed E-state index contributed by atoms with van der Waals surface area (Å²) >= 11 is 0. The number of benzene rings is 1. The molecule has 0 fully saturated rings. The number of hydrogen-bond acceptors (Lipinski definition) is 4. The first-order valence-electron chi connectivity index (χ1n) is 4.80. The quantitative estimate of drug-likeness (QED) is 0.853. The fraction of sp³-hybridized carbons (Fsp3) is 0.200. The molecule has 18 heavy (non-hydrogen) atoms. The average Bonchev–Trinajstić information content (AvgIpc) is 2.27. The van der Waals surface area contributed by atoms with Crippen molar-refractivity contribution in [3.05, 3.63) is 33.0 Å². The van der Waals surface area contributed by atoms with Crippen LogP contribution in [0.2, 0.25) is 0 Å². The van der Waals surface area contributed by atoms with Gasteiger partial charge >= 0.3 is 12.3 Å². The van der Waals surface area contributed by atoms with E-state index in [0.29, 0.717) is 0 Å². The predicted molar refractivity (Wildman–Crippen MR) is 58.4 cm³/mol. The summed E-state index contributed by atoms with van der Waals surface area (Å²) < 4.78 is 33.4. The number of aromatic amines is 2. The van der Waals surface area contributed by atoms with Gasteiger partial charge in [0.2, 0.25) is 0 Å². The number of hydrogen-bond donors (Lipinski definition) is 2. The molecule has 0 amide bonds. The Morgan fingerprint density at radius 1 is 1.17 bits per heavy atom.